The van der Waals surface area contributed by atoms with Crippen molar-refractivity contribution in [1.29, 1.82) is 0 Å². The summed E-state index contributed by atoms with van der Waals surface area (Å²) < 4.78 is 6.77. The number of hydrogen-bond donors (Lipinski definition) is 1. The second-order valence-corrected chi connectivity index (χ2v) is 7.37. The molecule has 1 aromatic carbocycles. The molecule has 0 aliphatic rings. The first-order valence-corrected chi connectivity index (χ1v) is 9.91. The van der Waals surface area contributed by atoms with Gasteiger partial charge in [0, 0.05) is 13.3 Å². The van der Waals surface area contributed by atoms with Gasteiger partial charge in [0.2, 0.25) is 5.91 Å². The fourth-order valence-corrected chi connectivity index (χ4v) is 3.79. The molecule has 3 aromatic rings. The Morgan fingerprint density at radius 2 is 2.11 bits per heavy atom. The molecule has 2 aromatic heterocycles. The van der Waals surface area contributed by atoms with E-state index in [0.717, 1.165) is 0 Å². The van der Waals surface area contributed by atoms with Crippen LogP contribution >= 0.6 is 23.4 Å². The largest absolute Gasteiger partial charge is 0.383 e. The smallest absolute Gasteiger partial charge is 0.262 e. The summed E-state index contributed by atoms with van der Waals surface area (Å²) in [6.45, 7) is 2.23. The summed E-state index contributed by atoms with van der Waals surface area (Å²) in [6.07, 6.45) is 1.54. The van der Waals surface area contributed by atoms with Crippen LogP contribution in [-0.4, -0.2) is 39.9 Å². The zero-order valence-electron chi connectivity index (χ0n) is 15.4. The van der Waals surface area contributed by atoms with E-state index < -0.39 is 0 Å². The van der Waals surface area contributed by atoms with Crippen LogP contribution in [0.4, 0.5) is 5.69 Å². The number of hydrogen-bond acceptors (Lipinski definition) is 6. The van der Waals surface area contributed by atoms with E-state index in [1.807, 2.05) is 13.0 Å². The molecule has 28 heavy (non-hydrogen) atoms. The Bertz CT molecular complexity index is 1060. The van der Waals surface area contributed by atoms with Gasteiger partial charge in [-0.05, 0) is 31.2 Å². The molecule has 0 radical (unpaired) electrons. The van der Waals surface area contributed by atoms with Gasteiger partial charge < -0.3 is 10.1 Å². The van der Waals surface area contributed by atoms with Crippen LogP contribution in [0, 0.1) is 0 Å². The fraction of sp³-hybridized carbons (Fsp3) is 0.263. The fourth-order valence-electron chi connectivity index (χ4n) is 2.73. The molecule has 1 N–H and O–H groups in total. The van der Waals surface area contributed by atoms with E-state index in [1.54, 1.807) is 48.2 Å². The molecule has 7 nitrogen and oxygen atoms in total. The molecule has 0 aliphatic heterocycles. The van der Waals surface area contributed by atoms with Crippen molar-refractivity contribution in [2.75, 3.05) is 24.8 Å². The predicted molar refractivity (Wildman–Crippen MR) is 111 cm³/mol. The van der Waals surface area contributed by atoms with E-state index >= 15 is 0 Å². The summed E-state index contributed by atoms with van der Waals surface area (Å²) >= 11 is 7.15. The number of fused-ring (bicyclic) bond motifs is 1. The van der Waals surface area contributed by atoms with Gasteiger partial charge in [-0.2, -0.15) is 0 Å². The normalized spacial score (nSPS) is 12.1. The van der Waals surface area contributed by atoms with Crippen molar-refractivity contribution >= 4 is 45.9 Å². The number of methoxy groups -OCH3 is 1. The number of ether oxygens (including phenoxy) is 1. The van der Waals surface area contributed by atoms with E-state index in [-0.39, 0.29) is 28.4 Å². The van der Waals surface area contributed by atoms with Crippen LogP contribution in [0.5, 0.6) is 0 Å². The quantitative estimate of drug-likeness (QED) is 0.359. The highest BCUT2D eigenvalue weighted by atomic mass is 35.5. The molecular formula is C19H19ClN4O3S. The molecule has 9 heteroatoms. The maximum atomic E-state index is 13.0. The lowest BCUT2D eigenvalue weighted by Crippen LogP contribution is -2.29. The van der Waals surface area contributed by atoms with Crippen molar-refractivity contribution in [3.8, 4) is 0 Å². The number of nitrogens with one attached hydrogen (secondary N) is 1. The minimum atomic E-state index is -0.270. The van der Waals surface area contributed by atoms with Gasteiger partial charge in [0.1, 0.15) is 0 Å². The summed E-state index contributed by atoms with van der Waals surface area (Å²) in [6, 6.07) is 10.3. The SMILES string of the molecule is COC[C@H](C)n1c(SCC(=O)Nc2cccnc2Cl)nc2ccccc2c1=O. The molecule has 0 bridgehead atoms. The topological polar surface area (TPSA) is 86.1 Å². The van der Waals surface area contributed by atoms with E-state index in [4.69, 9.17) is 16.3 Å². The average Bonchev–Trinajstić information content (AvgIpc) is 2.68. The molecule has 2 heterocycles. The average molecular weight is 419 g/mol. The maximum absolute atomic E-state index is 13.0. The van der Waals surface area contributed by atoms with E-state index in [2.05, 4.69) is 15.3 Å². The lowest BCUT2D eigenvalue weighted by molar-refractivity contribution is -0.113. The number of anilines is 1. The number of benzene rings is 1. The number of pyridine rings is 1. The number of aromatic nitrogens is 3. The number of amides is 1. The van der Waals surface area contributed by atoms with Gasteiger partial charge in [0.15, 0.2) is 10.3 Å². The lowest BCUT2D eigenvalue weighted by atomic mass is 10.2. The molecule has 1 atom stereocenters. The number of carbonyl (C=O) groups excluding carboxylic acids is 1. The highest BCUT2D eigenvalue weighted by Gasteiger charge is 2.18. The molecule has 0 spiro atoms. The zero-order chi connectivity index (χ0) is 20.1. The molecule has 3 rings (SSSR count). The molecule has 0 fully saturated rings. The summed E-state index contributed by atoms with van der Waals surface area (Å²) in [5.41, 5.74) is 0.867. The Hall–Kier alpha value is -2.42. The van der Waals surface area contributed by atoms with Crippen LogP contribution in [0.2, 0.25) is 5.15 Å². The lowest BCUT2D eigenvalue weighted by Gasteiger charge is -2.18. The van der Waals surface area contributed by atoms with Crippen LogP contribution in [0.25, 0.3) is 10.9 Å². The summed E-state index contributed by atoms with van der Waals surface area (Å²) in [4.78, 5) is 33.8. The molecule has 0 aliphatic carbocycles. The van der Waals surface area contributed by atoms with Crippen LogP contribution in [-0.2, 0) is 9.53 Å². The third-order valence-corrected chi connectivity index (χ3v) is 5.24. The van der Waals surface area contributed by atoms with Crippen molar-refractivity contribution in [1.82, 2.24) is 14.5 Å². The molecule has 0 saturated heterocycles. The van der Waals surface area contributed by atoms with Gasteiger partial charge in [-0.25, -0.2) is 9.97 Å². The highest BCUT2D eigenvalue weighted by molar-refractivity contribution is 7.99. The Labute approximate surface area is 171 Å². The van der Waals surface area contributed by atoms with Gasteiger partial charge in [0.05, 0.1) is 35.0 Å². The number of nitrogens with zero attached hydrogens (tertiary/aromatic N) is 3. The third kappa shape index (κ3) is 4.52. The summed E-state index contributed by atoms with van der Waals surface area (Å²) in [5.74, 6) is -0.205. The minimum Gasteiger partial charge on any atom is -0.383 e. The van der Waals surface area contributed by atoms with Crippen LogP contribution in [0.3, 0.4) is 0 Å². The number of thioether (sulfide) groups is 1. The monoisotopic (exact) mass is 418 g/mol. The van der Waals surface area contributed by atoms with Crippen molar-refractivity contribution in [3.05, 3.63) is 58.1 Å². The number of para-hydroxylation sites is 1. The Morgan fingerprint density at radius 1 is 1.32 bits per heavy atom. The molecule has 0 unspecified atom stereocenters. The van der Waals surface area contributed by atoms with Gasteiger partial charge in [-0.1, -0.05) is 35.5 Å². The van der Waals surface area contributed by atoms with Crippen molar-refractivity contribution in [3.63, 3.8) is 0 Å². The maximum Gasteiger partial charge on any atom is 0.262 e. The molecule has 1 amide bonds. The van der Waals surface area contributed by atoms with Crippen LogP contribution in [0.15, 0.2) is 52.5 Å². The Kier molecular flexibility index (Phi) is 6.66. The van der Waals surface area contributed by atoms with Crippen LogP contribution in [0.1, 0.15) is 13.0 Å². The van der Waals surface area contributed by atoms with Crippen molar-refractivity contribution < 1.29 is 9.53 Å². The second kappa shape index (κ2) is 9.18. The first kappa shape index (κ1) is 20.3. The van der Waals surface area contributed by atoms with E-state index in [1.165, 1.54) is 11.8 Å². The molecular weight excluding hydrogens is 400 g/mol. The van der Waals surface area contributed by atoms with Gasteiger partial charge in [0.25, 0.3) is 5.56 Å². The molecule has 146 valence electrons. The van der Waals surface area contributed by atoms with Gasteiger partial charge >= 0.3 is 0 Å². The van der Waals surface area contributed by atoms with Gasteiger partial charge in [-0.15, -0.1) is 0 Å². The summed E-state index contributed by atoms with van der Waals surface area (Å²) in [5, 5.41) is 3.92. The van der Waals surface area contributed by atoms with Crippen molar-refractivity contribution in [2.24, 2.45) is 0 Å². The first-order chi connectivity index (χ1) is 13.5. The predicted octanol–water partition coefficient (Wildman–Crippen LogP) is 3.38. The summed E-state index contributed by atoms with van der Waals surface area (Å²) in [7, 11) is 1.58. The zero-order valence-corrected chi connectivity index (χ0v) is 17.0. The van der Waals surface area contributed by atoms with Crippen molar-refractivity contribution in [2.45, 2.75) is 18.1 Å². The van der Waals surface area contributed by atoms with E-state index in [0.29, 0.717) is 28.4 Å². The first-order valence-electron chi connectivity index (χ1n) is 8.54. The third-order valence-electron chi connectivity index (χ3n) is 3.99. The standard InChI is InChI=1S/C19H19ClN4O3S/c1-12(10-27-2)24-18(26)13-6-3-4-7-14(13)23-19(24)28-11-16(25)22-15-8-5-9-21-17(15)20/h3-9,12H,10-11H2,1-2H3,(H,22,25)/t12-/m0/s1. The number of carbonyl (C=O) groups is 1. The Morgan fingerprint density at radius 3 is 2.86 bits per heavy atom. The van der Waals surface area contributed by atoms with Crippen LogP contribution < -0.4 is 10.9 Å². The van der Waals surface area contributed by atoms with Gasteiger partial charge in [-0.3, -0.25) is 14.2 Å². The molecule has 0 saturated carbocycles. The second-order valence-electron chi connectivity index (χ2n) is 6.07. The highest BCUT2D eigenvalue weighted by Crippen LogP contribution is 2.22. The van der Waals surface area contributed by atoms with E-state index in [9.17, 15) is 9.59 Å². The number of rotatable bonds is 7. The number of halogens is 1. The Balaban J connectivity index is 1.87. The minimum absolute atomic E-state index is 0.0652.